The average molecular weight is 260 g/mol. The van der Waals surface area contributed by atoms with Crippen LogP contribution in [-0.4, -0.2) is 18.0 Å². The molecule has 0 aliphatic rings. The zero-order valence-corrected chi connectivity index (χ0v) is 11.0. The summed E-state index contributed by atoms with van der Waals surface area (Å²) >= 11 is 0. The second kappa shape index (κ2) is 6.04. The Morgan fingerprint density at radius 2 is 2.26 bits per heavy atom. The van der Waals surface area contributed by atoms with Crippen LogP contribution in [0.15, 0.2) is 34.9 Å². The number of anilines is 1. The molecule has 0 atom stereocenters. The fourth-order valence-electron chi connectivity index (χ4n) is 1.68. The van der Waals surface area contributed by atoms with Gasteiger partial charge in [-0.3, -0.25) is 4.79 Å². The molecule has 0 spiro atoms. The van der Waals surface area contributed by atoms with Gasteiger partial charge in [-0.1, -0.05) is 0 Å². The number of nitrogens with zero attached hydrogens (tertiary/aromatic N) is 1. The molecular weight excluding hydrogens is 244 g/mol. The Bertz CT molecular complexity index is 550. The third kappa shape index (κ3) is 3.58. The fourth-order valence-corrected chi connectivity index (χ4v) is 1.68. The van der Waals surface area contributed by atoms with Crippen LogP contribution in [0.3, 0.4) is 0 Å². The molecule has 0 radical (unpaired) electrons. The second-order valence-electron chi connectivity index (χ2n) is 4.13. The van der Waals surface area contributed by atoms with E-state index in [-0.39, 0.29) is 5.91 Å². The van der Waals surface area contributed by atoms with Gasteiger partial charge in [-0.05, 0) is 31.2 Å². The molecule has 2 heterocycles. The number of ether oxygens (including phenoxy) is 1. The Kier molecular flexibility index (Phi) is 4.18. The van der Waals surface area contributed by atoms with E-state index < -0.39 is 0 Å². The zero-order chi connectivity index (χ0) is 13.7. The SMILES string of the molecule is COc1ccc(C)nc1NC(=O)CCc1ccco1. The number of nitrogens with one attached hydrogen (secondary N) is 1. The highest BCUT2D eigenvalue weighted by molar-refractivity contribution is 5.91. The van der Waals surface area contributed by atoms with Gasteiger partial charge in [0.2, 0.25) is 5.91 Å². The van der Waals surface area contributed by atoms with Gasteiger partial charge in [0.15, 0.2) is 11.6 Å². The summed E-state index contributed by atoms with van der Waals surface area (Å²) in [6.07, 6.45) is 2.50. The maximum absolute atomic E-state index is 11.8. The van der Waals surface area contributed by atoms with E-state index in [4.69, 9.17) is 9.15 Å². The Hall–Kier alpha value is -2.30. The molecule has 5 heteroatoms. The highest BCUT2D eigenvalue weighted by atomic mass is 16.5. The van der Waals surface area contributed by atoms with Crippen LogP contribution in [0.5, 0.6) is 5.75 Å². The molecule has 0 saturated carbocycles. The van der Waals surface area contributed by atoms with Gasteiger partial charge in [0.1, 0.15) is 5.76 Å². The highest BCUT2D eigenvalue weighted by Crippen LogP contribution is 2.21. The van der Waals surface area contributed by atoms with Gasteiger partial charge in [0, 0.05) is 18.5 Å². The maximum atomic E-state index is 11.8. The van der Waals surface area contributed by atoms with Gasteiger partial charge < -0.3 is 14.5 Å². The largest absolute Gasteiger partial charge is 0.493 e. The first-order valence-electron chi connectivity index (χ1n) is 6.03. The lowest BCUT2D eigenvalue weighted by molar-refractivity contribution is -0.116. The number of hydrogen-bond acceptors (Lipinski definition) is 4. The zero-order valence-electron chi connectivity index (χ0n) is 11.0. The molecule has 2 aromatic heterocycles. The van der Waals surface area contributed by atoms with E-state index in [0.717, 1.165) is 11.5 Å². The minimum absolute atomic E-state index is 0.118. The molecule has 0 aliphatic carbocycles. The van der Waals surface area contributed by atoms with Crippen molar-refractivity contribution in [2.24, 2.45) is 0 Å². The summed E-state index contributed by atoms with van der Waals surface area (Å²) in [5, 5.41) is 2.75. The minimum Gasteiger partial charge on any atom is -0.493 e. The smallest absolute Gasteiger partial charge is 0.226 e. The molecule has 0 saturated heterocycles. The van der Waals surface area contributed by atoms with Crippen LogP contribution in [0, 0.1) is 6.92 Å². The number of amides is 1. The lowest BCUT2D eigenvalue weighted by atomic mass is 10.2. The van der Waals surface area contributed by atoms with E-state index in [1.807, 2.05) is 19.1 Å². The predicted molar refractivity (Wildman–Crippen MR) is 71.2 cm³/mol. The Morgan fingerprint density at radius 1 is 1.42 bits per heavy atom. The van der Waals surface area contributed by atoms with Gasteiger partial charge in [-0.15, -0.1) is 0 Å². The number of carbonyl (C=O) groups excluding carboxylic acids is 1. The number of rotatable bonds is 5. The third-order valence-corrected chi connectivity index (χ3v) is 2.65. The number of carbonyl (C=O) groups is 1. The van der Waals surface area contributed by atoms with Crippen LogP contribution in [0.1, 0.15) is 17.9 Å². The van der Waals surface area contributed by atoms with Crippen molar-refractivity contribution in [2.75, 3.05) is 12.4 Å². The highest BCUT2D eigenvalue weighted by Gasteiger charge is 2.10. The number of pyridine rings is 1. The molecular formula is C14H16N2O3. The molecule has 0 aliphatic heterocycles. The third-order valence-electron chi connectivity index (χ3n) is 2.65. The molecule has 0 unspecified atom stereocenters. The van der Waals surface area contributed by atoms with Crippen LogP contribution in [0.4, 0.5) is 5.82 Å². The number of aromatic nitrogens is 1. The number of furan rings is 1. The molecule has 0 aromatic carbocycles. The minimum atomic E-state index is -0.118. The van der Waals surface area contributed by atoms with Gasteiger partial charge >= 0.3 is 0 Å². The first kappa shape index (κ1) is 13.1. The van der Waals surface area contributed by atoms with Gasteiger partial charge in [-0.25, -0.2) is 4.98 Å². The molecule has 2 aromatic rings. The lowest BCUT2D eigenvalue weighted by Gasteiger charge is -2.09. The normalized spacial score (nSPS) is 10.2. The number of methoxy groups -OCH3 is 1. The van der Waals surface area contributed by atoms with Gasteiger partial charge in [-0.2, -0.15) is 0 Å². The van der Waals surface area contributed by atoms with Crippen molar-refractivity contribution in [1.29, 1.82) is 0 Å². The predicted octanol–water partition coefficient (Wildman–Crippen LogP) is 2.56. The van der Waals surface area contributed by atoms with Crippen molar-refractivity contribution in [1.82, 2.24) is 4.98 Å². The summed E-state index contributed by atoms with van der Waals surface area (Å²) in [5.41, 5.74) is 0.821. The monoisotopic (exact) mass is 260 g/mol. The van der Waals surface area contributed by atoms with Crippen molar-refractivity contribution in [3.05, 3.63) is 42.0 Å². The van der Waals surface area contributed by atoms with Gasteiger partial charge in [0.25, 0.3) is 0 Å². The molecule has 1 N–H and O–H groups in total. The van der Waals surface area contributed by atoms with Crippen molar-refractivity contribution >= 4 is 11.7 Å². The fraction of sp³-hybridized carbons (Fsp3) is 0.286. The Balaban J connectivity index is 1.96. The molecule has 1 amide bonds. The van der Waals surface area contributed by atoms with Crippen molar-refractivity contribution in [2.45, 2.75) is 19.8 Å². The molecule has 100 valence electrons. The Labute approximate surface area is 111 Å². The van der Waals surface area contributed by atoms with Crippen LogP contribution in [0.25, 0.3) is 0 Å². The van der Waals surface area contributed by atoms with E-state index in [2.05, 4.69) is 10.3 Å². The van der Waals surface area contributed by atoms with E-state index in [0.29, 0.717) is 24.4 Å². The molecule has 0 fully saturated rings. The van der Waals surface area contributed by atoms with Crippen molar-refractivity contribution in [3.63, 3.8) is 0 Å². The molecule has 2 rings (SSSR count). The topological polar surface area (TPSA) is 64.4 Å². The summed E-state index contributed by atoms with van der Waals surface area (Å²) in [4.78, 5) is 16.1. The summed E-state index contributed by atoms with van der Waals surface area (Å²) in [6, 6.07) is 7.26. The first-order chi connectivity index (χ1) is 9.19. The van der Waals surface area contributed by atoms with E-state index in [1.54, 1.807) is 25.5 Å². The molecule has 19 heavy (non-hydrogen) atoms. The quantitative estimate of drug-likeness (QED) is 0.897. The lowest BCUT2D eigenvalue weighted by Crippen LogP contribution is -2.14. The number of aryl methyl sites for hydroxylation is 2. The Morgan fingerprint density at radius 3 is 2.95 bits per heavy atom. The summed E-state index contributed by atoms with van der Waals surface area (Å²) in [5.74, 6) is 1.68. The second-order valence-corrected chi connectivity index (χ2v) is 4.13. The summed E-state index contributed by atoms with van der Waals surface area (Å²) in [6.45, 7) is 1.86. The van der Waals surface area contributed by atoms with Crippen LogP contribution >= 0.6 is 0 Å². The summed E-state index contributed by atoms with van der Waals surface area (Å²) in [7, 11) is 1.55. The average Bonchev–Trinajstić information content (AvgIpc) is 2.90. The van der Waals surface area contributed by atoms with E-state index in [1.165, 1.54) is 0 Å². The van der Waals surface area contributed by atoms with E-state index in [9.17, 15) is 4.79 Å². The van der Waals surface area contributed by atoms with Crippen LogP contribution in [-0.2, 0) is 11.2 Å². The maximum Gasteiger partial charge on any atom is 0.226 e. The van der Waals surface area contributed by atoms with Crippen LogP contribution < -0.4 is 10.1 Å². The molecule has 0 bridgehead atoms. The standard InChI is InChI=1S/C14H16N2O3/c1-10-5-7-12(18-2)14(15-10)16-13(17)8-6-11-4-3-9-19-11/h3-5,7,9H,6,8H2,1-2H3,(H,15,16,17). The van der Waals surface area contributed by atoms with Crippen LogP contribution in [0.2, 0.25) is 0 Å². The van der Waals surface area contributed by atoms with Crippen molar-refractivity contribution < 1.29 is 13.9 Å². The molecule has 5 nitrogen and oxygen atoms in total. The summed E-state index contributed by atoms with van der Waals surface area (Å²) < 4.78 is 10.3. The van der Waals surface area contributed by atoms with E-state index >= 15 is 0 Å². The first-order valence-corrected chi connectivity index (χ1v) is 6.03. The van der Waals surface area contributed by atoms with Crippen molar-refractivity contribution in [3.8, 4) is 5.75 Å². The van der Waals surface area contributed by atoms with Gasteiger partial charge in [0.05, 0.1) is 13.4 Å². The number of hydrogen-bond donors (Lipinski definition) is 1.